The molecule has 0 saturated carbocycles. The van der Waals surface area contributed by atoms with Crippen LogP contribution in [0.25, 0.3) is 0 Å². The molecule has 0 spiro atoms. The van der Waals surface area contributed by atoms with Gasteiger partial charge in [0, 0.05) is 11.5 Å². The number of carbonyl (C=O) groups excluding carboxylic acids is 1. The van der Waals surface area contributed by atoms with E-state index in [0.29, 0.717) is 11.5 Å². The maximum atomic E-state index is 11.0. The van der Waals surface area contributed by atoms with E-state index < -0.39 is 5.97 Å². The molecule has 0 aromatic heterocycles. The van der Waals surface area contributed by atoms with Crippen LogP contribution in [0.15, 0.2) is 0 Å². The fraction of sp³-hybridized carbons (Fsp3) is 0.778. The quantitative estimate of drug-likeness (QED) is 0.424. The summed E-state index contributed by atoms with van der Waals surface area (Å²) in [5, 5.41) is 8.62. The second-order valence-corrected chi connectivity index (χ2v) is 5.78. The van der Waals surface area contributed by atoms with Crippen molar-refractivity contribution in [3.05, 3.63) is 0 Å². The number of methoxy groups -OCH3 is 1. The van der Waals surface area contributed by atoms with Crippen LogP contribution >= 0.6 is 21.6 Å². The Hall–Kier alpha value is -0.360. The highest BCUT2D eigenvalue weighted by Crippen LogP contribution is 2.26. The maximum absolute atomic E-state index is 11.0. The van der Waals surface area contributed by atoms with Gasteiger partial charge in [-0.1, -0.05) is 35.4 Å². The number of hydrogen-bond donors (Lipinski definition) is 1. The smallest absolute Gasteiger partial charge is 0.309 e. The van der Waals surface area contributed by atoms with Gasteiger partial charge in [0.05, 0.1) is 18.9 Å². The van der Waals surface area contributed by atoms with Crippen LogP contribution in [-0.4, -0.2) is 35.7 Å². The molecule has 0 aliphatic carbocycles. The Labute approximate surface area is 97.5 Å². The first-order valence-corrected chi connectivity index (χ1v) is 7.02. The van der Waals surface area contributed by atoms with Gasteiger partial charge in [0.15, 0.2) is 0 Å². The van der Waals surface area contributed by atoms with Gasteiger partial charge in [0.2, 0.25) is 0 Å². The average Bonchev–Trinajstić information content (AvgIpc) is 2.22. The normalized spacial score (nSPS) is 14.3. The monoisotopic (exact) mass is 252 g/mol. The lowest BCUT2D eigenvalue weighted by Crippen LogP contribution is -2.15. The SMILES string of the molecule is COC(=O)[C@@H](C)CSSC[C@@H](C)C(=O)O. The molecule has 0 heterocycles. The molecule has 15 heavy (non-hydrogen) atoms. The molecule has 0 fully saturated rings. The molecule has 0 radical (unpaired) electrons. The molecule has 0 amide bonds. The molecule has 0 aliphatic rings. The largest absolute Gasteiger partial charge is 0.481 e. The zero-order valence-electron chi connectivity index (χ0n) is 9.06. The minimum Gasteiger partial charge on any atom is -0.481 e. The summed E-state index contributed by atoms with van der Waals surface area (Å²) in [6.45, 7) is 3.46. The summed E-state index contributed by atoms with van der Waals surface area (Å²) in [6.07, 6.45) is 0. The van der Waals surface area contributed by atoms with E-state index in [0.717, 1.165) is 0 Å². The summed E-state index contributed by atoms with van der Waals surface area (Å²) < 4.78 is 4.57. The maximum Gasteiger partial charge on any atom is 0.309 e. The van der Waals surface area contributed by atoms with Gasteiger partial charge < -0.3 is 9.84 Å². The number of hydrogen-bond acceptors (Lipinski definition) is 5. The molecule has 0 aliphatic heterocycles. The molecule has 0 aromatic rings. The van der Waals surface area contributed by atoms with E-state index in [9.17, 15) is 9.59 Å². The highest BCUT2D eigenvalue weighted by atomic mass is 33.1. The third-order valence-corrected chi connectivity index (χ3v) is 4.50. The van der Waals surface area contributed by atoms with Gasteiger partial charge >= 0.3 is 11.9 Å². The first kappa shape index (κ1) is 14.6. The van der Waals surface area contributed by atoms with Crippen molar-refractivity contribution >= 4 is 33.5 Å². The first-order valence-electron chi connectivity index (χ1n) is 4.54. The van der Waals surface area contributed by atoms with Crippen LogP contribution in [0, 0.1) is 11.8 Å². The van der Waals surface area contributed by atoms with Crippen molar-refractivity contribution in [1.29, 1.82) is 0 Å². The second-order valence-electron chi connectivity index (χ2n) is 3.23. The fourth-order valence-corrected chi connectivity index (χ4v) is 3.32. The molecule has 0 rings (SSSR count). The van der Waals surface area contributed by atoms with Gasteiger partial charge in [0.1, 0.15) is 0 Å². The highest BCUT2D eigenvalue weighted by molar-refractivity contribution is 8.76. The van der Waals surface area contributed by atoms with E-state index >= 15 is 0 Å². The van der Waals surface area contributed by atoms with Crippen molar-refractivity contribution in [2.75, 3.05) is 18.6 Å². The Bertz CT molecular complexity index is 220. The Morgan fingerprint density at radius 3 is 2.07 bits per heavy atom. The van der Waals surface area contributed by atoms with E-state index in [2.05, 4.69) is 4.74 Å². The fourth-order valence-electron chi connectivity index (χ4n) is 0.641. The predicted molar refractivity (Wildman–Crippen MR) is 62.9 cm³/mol. The van der Waals surface area contributed by atoms with Crippen LogP contribution in [0.3, 0.4) is 0 Å². The number of carbonyl (C=O) groups is 2. The number of aliphatic carboxylic acids is 1. The van der Waals surface area contributed by atoms with Crippen LogP contribution < -0.4 is 0 Å². The number of carboxylic acid groups (broad SMARTS) is 1. The second kappa shape index (κ2) is 7.87. The van der Waals surface area contributed by atoms with Crippen LogP contribution in [0.4, 0.5) is 0 Å². The summed E-state index contributed by atoms with van der Waals surface area (Å²) in [7, 11) is 4.34. The summed E-state index contributed by atoms with van der Waals surface area (Å²) in [5.41, 5.74) is 0. The van der Waals surface area contributed by atoms with Gasteiger partial charge in [-0.2, -0.15) is 0 Å². The minimum absolute atomic E-state index is 0.146. The van der Waals surface area contributed by atoms with Gasteiger partial charge in [-0.3, -0.25) is 9.59 Å². The number of ether oxygens (including phenoxy) is 1. The lowest BCUT2D eigenvalue weighted by atomic mass is 10.2. The third kappa shape index (κ3) is 6.67. The predicted octanol–water partition coefficient (Wildman–Crippen LogP) is 1.90. The van der Waals surface area contributed by atoms with Crippen molar-refractivity contribution < 1.29 is 19.4 Å². The molecule has 88 valence electrons. The molecule has 4 nitrogen and oxygen atoms in total. The van der Waals surface area contributed by atoms with Crippen molar-refractivity contribution in [2.24, 2.45) is 11.8 Å². The number of carboxylic acids is 1. The van der Waals surface area contributed by atoms with E-state index in [1.54, 1.807) is 13.8 Å². The van der Waals surface area contributed by atoms with Gasteiger partial charge in [-0.25, -0.2) is 0 Å². The van der Waals surface area contributed by atoms with Crippen LogP contribution in [0.5, 0.6) is 0 Å². The lowest BCUT2D eigenvalue weighted by molar-refractivity contribution is -0.144. The number of rotatable bonds is 7. The zero-order valence-corrected chi connectivity index (χ0v) is 10.7. The Kier molecular flexibility index (Phi) is 7.68. The van der Waals surface area contributed by atoms with E-state index in [1.807, 2.05) is 0 Å². The molecular weight excluding hydrogens is 236 g/mol. The van der Waals surface area contributed by atoms with Crippen molar-refractivity contribution in [3.8, 4) is 0 Å². The topological polar surface area (TPSA) is 63.6 Å². The highest BCUT2D eigenvalue weighted by Gasteiger charge is 2.14. The Balaban J connectivity index is 3.54. The van der Waals surface area contributed by atoms with Crippen LogP contribution in [0.1, 0.15) is 13.8 Å². The van der Waals surface area contributed by atoms with Crippen LogP contribution in [-0.2, 0) is 14.3 Å². The molecular formula is C9H16O4S2. The van der Waals surface area contributed by atoms with Crippen LogP contribution in [0.2, 0.25) is 0 Å². The van der Waals surface area contributed by atoms with Gasteiger partial charge in [-0.05, 0) is 0 Å². The summed E-state index contributed by atoms with van der Waals surface area (Å²) >= 11 is 0. The summed E-state index contributed by atoms with van der Waals surface area (Å²) in [4.78, 5) is 21.5. The standard InChI is InChI=1S/C9H16O4S2/c1-6(8(10)11)4-14-15-5-7(2)9(12)13-3/h6-7H,4-5H2,1-3H3,(H,10,11)/t6-,7+/m1/s1. The van der Waals surface area contributed by atoms with Crippen molar-refractivity contribution in [3.63, 3.8) is 0 Å². The molecule has 0 bridgehead atoms. The van der Waals surface area contributed by atoms with E-state index in [4.69, 9.17) is 5.11 Å². The van der Waals surface area contributed by atoms with Gasteiger partial charge in [0.25, 0.3) is 0 Å². The summed E-state index contributed by atoms with van der Waals surface area (Å²) in [5.74, 6) is -0.320. The first-order chi connectivity index (χ1) is 6.99. The molecule has 0 unspecified atom stereocenters. The van der Waals surface area contributed by atoms with Crippen molar-refractivity contribution in [1.82, 2.24) is 0 Å². The van der Waals surface area contributed by atoms with E-state index in [1.165, 1.54) is 28.7 Å². The van der Waals surface area contributed by atoms with E-state index in [-0.39, 0.29) is 17.8 Å². The zero-order chi connectivity index (χ0) is 11.8. The third-order valence-electron chi connectivity index (χ3n) is 1.74. The average molecular weight is 252 g/mol. The Morgan fingerprint density at radius 2 is 1.67 bits per heavy atom. The molecule has 1 N–H and O–H groups in total. The summed E-state index contributed by atoms with van der Waals surface area (Å²) in [6, 6.07) is 0. The minimum atomic E-state index is -0.788. The molecule has 0 saturated heterocycles. The van der Waals surface area contributed by atoms with Gasteiger partial charge in [-0.15, -0.1) is 0 Å². The molecule has 0 aromatic carbocycles. The lowest BCUT2D eigenvalue weighted by Gasteiger charge is -2.08. The molecule has 6 heteroatoms. The Morgan fingerprint density at radius 1 is 1.20 bits per heavy atom. The number of esters is 1. The molecule has 2 atom stereocenters. The van der Waals surface area contributed by atoms with Crippen molar-refractivity contribution in [2.45, 2.75) is 13.8 Å².